The number of hydrogen-bond acceptors (Lipinski definition) is 1. The van der Waals surface area contributed by atoms with Crippen LogP contribution in [0.15, 0.2) is 12.1 Å². The summed E-state index contributed by atoms with van der Waals surface area (Å²) in [6, 6.07) is 2.46. The second-order valence-electron chi connectivity index (χ2n) is 4.98. The fourth-order valence-electron chi connectivity index (χ4n) is 2.32. The maximum Gasteiger partial charge on any atom is 0.257 e. The third-order valence-corrected chi connectivity index (χ3v) is 4.42. The predicted molar refractivity (Wildman–Crippen MR) is 73.5 cm³/mol. The Morgan fingerprint density at radius 1 is 1.26 bits per heavy atom. The van der Waals surface area contributed by atoms with Gasteiger partial charge >= 0.3 is 0 Å². The molecule has 0 radical (unpaired) electrons. The molecule has 1 fully saturated rings. The number of nitrogens with one attached hydrogen (secondary N) is 1. The largest absolute Gasteiger partial charge is 0.349 e. The molecule has 5 heteroatoms. The molecular formula is C14H16BrF2NO. The fraction of sp³-hybridized carbons (Fsp3) is 0.500. The van der Waals surface area contributed by atoms with E-state index in [4.69, 9.17) is 0 Å². The zero-order chi connectivity index (χ0) is 14.0. The third kappa shape index (κ3) is 3.32. The van der Waals surface area contributed by atoms with Crippen molar-refractivity contribution in [3.8, 4) is 0 Å². The average molecular weight is 332 g/mol. The van der Waals surface area contributed by atoms with Gasteiger partial charge in [-0.15, -0.1) is 0 Å². The summed E-state index contributed by atoms with van der Waals surface area (Å²) in [6.07, 6.45) is 3.58. The molecule has 1 aromatic rings. The predicted octanol–water partition coefficient (Wildman–Crippen LogP) is 3.71. The number of carbonyl (C=O) groups is 1. The summed E-state index contributed by atoms with van der Waals surface area (Å²) >= 11 is 3.53. The van der Waals surface area contributed by atoms with Gasteiger partial charge in [0, 0.05) is 10.9 Å². The SMILES string of the molecule is Cc1ccc(F)c(C(=O)NC2CCC(Br)CC2)c1F. The minimum atomic E-state index is -0.810. The molecule has 1 saturated carbocycles. The van der Waals surface area contributed by atoms with Crippen LogP contribution in [-0.2, 0) is 0 Å². The lowest BCUT2D eigenvalue weighted by atomic mass is 9.95. The molecule has 0 aliphatic heterocycles. The standard InChI is InChI=1S/C14H16BrF2NO/c1-8-2-7-11(16)12(13(8)17)14(19)18-10-5-3-9(15)4-6-10/h2,7,9-10H,3-6H2,1H3,(H,18,19). The summed E-state index contributed by atoms with van der Waals surface area (Å²) in [5.41, 5.74) is -0.198. The molecule has 2 rings (SSSR count). The van der Waals surface area contributed by atoms with Crippen LogP contribution in [0, 0.1) is 18.6 Å². The Morgan fingerprint density at radius 2 is 1.89 bits per heavy atom. The number of alkyl halides is 1. The molecule has 2 nitrogen and oxygen atoms in total. The van der Waals surface area contributed by atoms with E-state index in [9.17, 15) is 13.6 Å². The molecule has 0 unspecified atom stereocenters. The van der Waals surface area contributed by atoms with Gasteiger partial charge in [-0.1, -0.05) is 22.0 Å². The van der Waals surface area contributed by atoms with Gasteiger partial charge < -0.3 is 5.32 Å². The number of carbonyl (C=O) groups excluding carboxylic acids is 1. The van der Waals surface area contributed by atoms with E-state index in [1.807, 2.05) is 0 Å². The van der Waals surface area contributed by atoms with Crippen LogP contribution in [0.5, 0.6) is 0 Å². The minimum absolute atomic E-state index is 0.000567. The molecule has 0 spiro atoms. The van der Waals surface area contributed by atoms with Gasteiger partial charge in [0.15, 0.2) is 0 Å². The fourth-order valence-corrected chi connectivity index (χ4v) is 2.85. The molecule has 104 valence electrons. The van der Waals surface area contributed by atoms with E-state index in [2.05, 4.69) is 21.2 Å². The summed E-state index contributed by atoms with van der Waals surface area (Å²) in [5, 5.41) is 2.72. The quantitative estimate of drug-likeness (QED) is 0.822. The van der Waals surface area contributed by atoms with E-state index in [0.717, 1.165) is 31.7 Å². The smallest absolute Gasteiger partial charge is 0.257 e. The van der Waals surface area contributed by atoms with Crippen molar-refractivity contribution >= 4 is 21.8 Å². The average Bonchev–Trinajstić information content (AvgIpc) is 2.37. The molecule has 1 aromatic carbocycles. The van der Waals surface area contributed by atoms with Gasteiger partial charge in [-0.2, -0.15) is 0 Å². The van der Waals surface area contributed by atoms with Crippen LogP contribution in [0.1, 0.15) is 41.6 Å². The van der Waals surface area contributed by atoms with Crippen molar-refractivity contribution in [3.05, 3.63) is 34.9 Å². The van der Waals surface area contributed by atoms with Gasteiger partial charge in [-0.05, 0) is 44.2 Å². The lowest BCUT2D eigenvalue weighted by Crippen LogP contribution is -2.38. The van der Waals surface area contributed by atoms with Crippen LogP contribution < -0.4 is 5.32 Å². The summed E-state index contributed by atoms with van der Waals surface area (Å²) in [5.74, 6) is -2.24. The highest BCUT2D eigenvalue weighted by atomic mass is 79.9. The first kappa shape index (κ1) is 14.4. The molecule has 0 bridgehead atoms. The number of rotatable bonds is 2. The van der Waals surface area contributed by atoms with Crippen LogP contribution in [0.3, 0.4) is 0 Å². The zero-order valence-corrected chi connectivity index (χ0v) is 12.3. The van der Waals surface area contributed by atoms with E-state index in [1.54, 1.807) is 0 Å². The molecule has 1 aliphatic carbocycles. The highest BCUT2D eigenvalue weighted by Gasteiger charge is 2.24. The lowest BCUT2D eigenvalue weighted by Gasteiger charge is -2.26. The topological polar surface area (TPSA) is 29.1 Å². The number of amides is 1. The molecule has 0 saturated heterocycles. The maximum absolute atomic E-state index is 13.8. The molecule has 19 heavy (non-hydrogen) atoms. The van der Waals surface area contributed by atoms with Gasteiger partial charge in [0.2, 0.25) is 0 Å². The van der Waals surface area contributed by atoms with Crippen LogP contribution in [0.4, 0.5) is 8.78 Å². The van der Waals surface area contributed by atoms with Crippen molar-refractivity contribution in [2.75, 3.05) is 0 Å². The molecule has 1 N–H and O–H groups in total. The number of halogens is 3. The highest BCUT2D eigenvalue weighted by molar-refractivity contribution is 9.09. The number of hydrogen-bond donors (Lipinski definition) is 1. The van der Waals surface area contributed by atoms with Gasteiger partial charge in [0.05, 0.1) is 0 Å². The molecule has 1 amide bonds. The first-order valence-electron chi connectivity index (χ1n) is 6.38. The van der Waals surface area contributed by atoms with Crippen molar-refractivity contribution < 1.29 is 13.6 Å². The Morgan fingerprint density at radius 3 is 2.53 bits per heavy atom. The maximum atomic E-state index is 13.8. The van der Waals surface area contributed by atoms with Crippen molar-refractivity contribution in [1.29, 1.82) is 0 Å². The van der Waals surface area contributed by atoms with Crippen LogP contribution in [0.25, 0.3) is 0 Å². The van der Waals surface area contributed by atoms with E-state index < -0.39 is 23.1 Å². The first-order chi connectivity index (χ1) is 8.99. The first-order valence-corrected chi connectivity index (χ1v) is 7.30. The molecular weight excluding hydrogens is 316 g/mol. The second-order valence-corrected chi connectivity index (χ2v) is 6.27. The van der Waals surface area contributed by atoms with E-state index >= 15 is 0 Å². The van der Waals surface area contributed by atoms with Gasteiger partial charge in [0.1, 0.15) is 17.2 Å². The molecule has 0 aromatic heterocycles. The van der Waals surface area contributed by atoms with Crippen LogP contribution in [0.2, 0.25) is 0 Å². The Labute approximate surface area is 119 Å². The van der Waals surface area contributed by atoms with Crippen molar-refractivity contribution in [2.24, 2.45) is 0 Å². The molecule has 0 atom stereocenters. The Bertz CT molecular complexity index is 485. The molecule has 0 heterocycles. The third-order valence-electron chi connectivity index (χ3n) is 3.50. The number of benzene rings is 1. The Balaban J connectivity index is 2.10. The van der Waals surface area contributed by atoms with E-state index in [1.165, 1.54) is 13.0 Å². The molecule has 1 aliphatic rings. The summed E-state index contributed by atoms with van der Waals surface area (Å²) in [4.78, 5) is 12.5. The Kier molecular flexibility index (Phi) is 4.55. The zero-order valence-electron chi connectivity index (χ0n) is 10.7. The number of aryl methyl sites for hydroxylation is 1. The normalized spacial score (nSPS) is 23.2. The van der Waals surface area contributed by atoms with Crippen molar-refractivity contribution in [1.82, 2.24) is 5.32 Å². The van der Waals surface area contributed by atoms with Crippen LogP contribution in [-0.4, -0.2) is 16.8 Å². The second kappa shape index (κ2) is 5.99. The van der Waals surface area contributed by atoms with E-state index in [-0.39, 0.29) is 11.6 Å². The monoisotopic (exact) mass is 331 g/mol. The lowest BCUT2D eigenvalue weighted by molar-refractivity contribution is 0.0919. The van der Waals surface area contributed by atoms with Gasteiger partial charge in [-0.25, -0.2) is 8.78 Å². The Hall–Kier alpha value is -0.970. The van der Waals surface area contributed by atoms with Crippen molar-refractivity contribution in [2.45, 2.75) is 43.5 Å². The van der Waals surface area contributed by atoms with Crippen molar-refractivity contribution in [3.63, 3.8) is 0 Å². The minimum Gasteiger partial charge on any atom is -0.349 e. The summed E-state index contributed by atoms with van der Waals surface area (Å²) < 4.78 is 27.4. The summed E-state index contributed by atoms with van der Waals surface area (Å²) in [6.45, 7) is 1.52. The van der Waals surface area contributed by atoms with Gasteiger partial charge in [-0.3, -0.25) is 4.79 Å². The summed E-state index contributed by atoms with van der Waals surface area (Å²) in [7, 11) is 0. The van der Waals surface area contributed by atoms with Gasteiger partial charge in [0.25, 0.3) is 5.91 Å². The van der Waals surface area contributed by atoms with Crippen LogP contribution >= 0.6 is 15.9 Å². The highest BCUT2D eigenvalue weighted by Crippen LogP contribution is 2.25. The van der Waals surface area contributed by atoms with E-state index in [0.29, 0.717) is 4.83 Å².